The van der Waals surface area contributed by atoms with Crippen molar-refractivity contribution < 1.29 is 9.13 Å². The molecule has 4 aromatic rings. The summed E-state index contributed by atoms with van der Waals surface area (Å²) in [6.45, 7) is 8.28. The number of nitrogens with zero attached hydrogens (tertiary/aromatic N) is 6. The van der Waals surface area contributed by atoms with Crippen LogP contribution in [-0.4, -0.2) is 69.0 Å². The van der Waals surface area contributed by atoms with Gasteiger partial charge < -0.3 is 14.6 Å². The SMILES string of the molecule is Cc1cc2cc([C@H](c3nnnn3C[C@H]3CCCO3)N3CCN(c4ccc(F)cc4)CC3)c(=O)[nH]c2cc1C. The quantitative estimate of drug-likeness (QED) is 0.419. The lowest BCUT2D eigenvalue weighted by Crippen LogP contribution is -2.49. The highest BCUT2D eigenvalue weighted by Crippen LogP contribution is 2.30. The molecule has 10 heteroatoms. The Morgan fingerprint density at radius 3 is 2.58 bits per heavy atom. The van der Waals surface area contributed by atoms with Gasteiger partial charge in [0.05, 0.1) is 12.6 Å². The first-order chi connectivity index (χ1) is 18.5. The van der Waals surface area contributed by atoms with Crippen LogP contribution in [0.1, 0.15) is 41.4 Å². The molecule has 6 rings (SSSR count). The largest absolute Gasteiger partial charge is 0.376 e. The summed E-state index contributed by atoms with van der Waals surface area (Å²) in [5.41, 5.74) is 4.59. The van der Waals surface area contributed by atoms with Gasteiger partial charge in [0.2, 0.25) is 0 Å². The average Bonchev–Trinajstić information content (AvgIpc) is 3.60. The topological polar surface area (TPSA) is 92.2 Å². The maximum atomic E-state index is 13.6. The van der Waals surface area contributed by atoms with E-state index in [1.54, 1.807) is 4.68 Å². The number of benzene rings is 2. The number of tetrazole rings is 1. The van der Waals surface area contributed by atoms with Gasteiger partial charge in [0, 0.05) is 49.6 Å². The molecule has 38 heavy (non-hydrogen) atoms. The van der Waals surface area contributed by atoms with Gasteiger partial charge in [-0.3, -0.25) is 9.69 Å². The van der Waals surface area contributed by atoms with E-state index >= 15 is 0 Å². The van der Waals surface area contributed by atoms with Crippen LogP contribution in [0.3, 0.4) is 0 Å². The molecule has 0 bridgehead atoms. The zero-order valence-electron chi connectivity index (χ0n) is 21.7. The Balaban J connectivity index is 1.37. The molecule has 0 radical (unpaired) electrons. The zero-order valence-corrected chi connectivity index (χ0v) is 21.7. The molecule has 0 unspecified atom stereocenters. The molecule has 198 valence electrons. The van der Waals surface area contributed by atoms with Gasteiger partial charge in [0.25, 0.3) is 5.56 Å². The Bertz CT molecular complexity index is 1490. The van der Waals surface area contributed by atoms with E-state index in [0.29, 0.717) is 31.0 Å². The zero-order chi connectivity index (χ0) is 26.2. The first-order valence-electron chi connectivity index (χ1n) is 13.2. The monoisotopic (exact) mass is 517 g/mol. The molecule has 0 aliphatic carbocycles. The Hall–Kier alpha value is -3.63. The second kappa shape index (κ2) is 10.3. The minimum absolute atomic E-state index is 0.0636. The Morgan fingerprint density at radius 2 is 1.84 bits per heavy atom. The molecule has 2 aromatic heterocycles. The third-order valence-corrected chi connectivity index (χ3v) is 7.86. The summed E-state index contributed by atoms with van der Waals surface area (Å²) < 4.78 is 21.1. The summed E-state index contributed by atoms with van der Waals surface area (Å²) in [7, 11) is 0. The summed E-state index contributed by atoms with van der Waals surface area (Å²) in [6, 6.07) is 12.3. The van der Waals surface area contributed by atoms with E-state index < -0.39 is 6.04 Å². The number of ether oxygens (including phenoxy) is 1. The minimum Gasteiger partial charge on any atom is -0.376 e. The summed E-state index contributed by atoms with van der Waals surface area (Å²) in [5.74, 6) is 0.399. The lowest BCUT2D eigenvalue weighted by Gasteiger charge is -2.39. The number of rotatable bonds is 6. The van der Waals surface area contributed by atoms with Gasteiger partial charge in [0.15, 0.2) is 5.82 Å². The number of aromatic amines is 1. The highest BCUT2D eigenvalue weighted by atomic mass is 19.1. The van der Waals surface area contributed by atoms with Gasteiger partial charge in [-0.2, -0.15) is 0 Å². The molecule has 0 spiro atoms. The van der Waals surface area contributed by atoms with Crippen LogP contribution in [0.25, 0.3) is 10.9 Å². The number of piperazine rings is 1. The summed E-state index contributed by atoms with van der Waals surface area (Å²) in [4.78, 5) is 21.2. The molecule has 2 aliphatic rings. The van der Waals surface area contributed by atoms with Crippen molar-refractivity contribution in [1.29, 1.82) is 0 Å². The second-order valence-electron chi connectivity index (χ2n) is 10.3. The van der Waals surface area contributed by atoms with Crippen LogP contribution in [0.15, 0.2) is 47.3 Å². The minimum atomic E-state index is -0.420. The third kappa shape index (κ3) is 4.81. The number of H-pyrrole nitrogens is 1. The van der Waals surface area contributed by atoms with Crippen LogP contribution in [0.5, 0.6) is 0 Å². The fraction of sp³-hybridized carbons (Fsp3) is 0.429. The predicted octanol–water partition coefficient (Wildman–Crippen LogP) is 3.36. The summed E-state index contributed by atoms with van der Waals surface area (Å²) in [5, 5.41) is 13.7. The van der Waals surface area contributed by atoms with Gasteiger partial charge in [-0.1, -0.05) is 0 Å². The third-order valence-electron chi connectivity index (χ3n) is 7.86. The number of nitrogens with one attached hydrogen (secondary N) is 1. The van der Waals surface area contributed by atoms with E-state index in [1.807, 2.05) is 31.2 Å². The summed E-state index contributed by atoms with van der Waals surface area (Å²) in [6.07, 6.45) is 2.06. The number of aromatic nitrogens is 5. The van der Waals surface area contributed by atoms with Crippen molar-refractivity contribution in [3.8, 4) is 0 Å². The highest BCUT2D eigenvalue weighted by molar-refractivity contribution is 5.81. The van der Waals surface area contributed by atoms with Crippen LogP contribution in [0, 0.1) is 19.7 Å². The van der Waals surface area contributed by atoms with E-state index in [4.69, 9.17) is 4.74 Å². The number of pyridine rings is 1. The first-order valence-corrected chi connectivity index (χ1v) is 13.2. The molecule has 2 aromatic carbocycles. The molecule has 2 fully saturated rings. The smallest absolute Gasteiger partial charge is 0.253 e. The fourth-order valence-corrected chi connectivity index (χ4v) is 5.60. The van der Waals surface area contributed by atoms with E-state index in [-0.39, 0.29) is 17.5 Å². The molecule has 0 amide bonds. The number of hydrogen-bond acceptors (Lipinski definition) is 7. The number of halogens is 1. The Morgan fingerprint density at radius 1 is 1.08 bits per heavy atom. The highest BCUT2D eigenvalue weighted by Gasteiger charge is 2.33. The van der Waals surface area contributed by atoms with Gasteiger partial charge >= 0.3 is 0 Å². The number of aryl methyl sites for hydroxylation is 2. The van der Waals surface area contributed by atoms with Crippen molar-refractivity contribution in [2.45, 2.75) is 45.4 Å². The van der Waals surface area contributed by atoms with Crippen molar-refractivity contribution in [3.05, 3.63) is 81.2 Å². The number of anilines is 1. The maximum absolute atomic E-state index is 13.6. The normalized spacial score (nSPS) is 19.3. The molecule has 9 nitrogen and oxygen atoms in total. The Labute approximate surface area is 220 Å². The molecule has 4 heterocycles. The van der Waals surface area contributed by atoms with Gasteiger partial charge in [-0.15, -0.1) is 5.10 Å². The number of hydrogen-bond donors (Lipinski definition) is 1. The van der Waals surface area contributed by atoms with E-state index in [9.17, 15) is 9.18 Å². The lowest BCUT2D eigenvalue weighted by molar-refractivity contribution is 0.0906. The van der Waals surface area contributed by atoms with Gasteiger partial charge in [-0.25, -0.2) is 9.07 Å². The van der Waals surface area contributed by atoms with E-state index in [2.05, 4.69) is 43.3 Å². The molecule has 0 saturated carbocycles. The number of fused-ring (bicyclic) bond motifs is 1. The van der Waals surface area contributed by atoms with Crippen LogP contribution in [0.2, 0.25) is 0 Å². The molecule has 2 saturated heterocycles. The van der Waals surface area contributed by atoms with Crippen molar-refractivity contribution in [2.75, 3.05) is 37.7 Å². The van der Waals surface area contributed by atoms with Crippen molar-refractivity contribution >= 4 is 16.6 Å². The van der Waals surface area contributed by atoms with Gasteiger partial charge in [-0.05, 0) is 96.1 Å². The maximum Gasteiger partial charge on any atom is 0.253 e. The van der Waals surface area contributed by atoms with Crippen molar-refractivity contribution in [2.24, 2.45) is 0 Å². The molecule has 1 N–H and O–H groups in total. The van der Waals surface area contributed by atoms with Crippen LogP contribution in [-0.2, 0) is 11.3 Å². The van der Waals surface area contributed by atoms with Crippen LogP contribution < -0.4 is 10.5 Å². The molecular formula is C28H32FN7O2. The molecule has 2 aliphatic heterocycles. The lowest BCUT2D eigenvalue weighted by atomic mass is 10.00. The predicted molar refractivity (Wildman–Crippen MR) is 143 cm³/mol. The molecular weight excluding hydrogens is 485 g/mol. The fourth-order valence-electron chi connectivity index (χ4n) is 5.60. The van der Waals surface area contributed by atoms with Crippen LogP contribution >= 0.6 is 0 Å². The standard InChI is InChI=1S/C28H32FN7O2/c1-18-14-20-16-24(28(37)30-25(20)15-19(18)2)26(27-31-32-33-36(27)17-23-4-3-13-38-23)35-11-9-34(10-12-35)22-7-5-21(29)6-8-22/h5-8,14-16,23,26H,3-4,9-13,17H2,1-2H3,(H,30,37)/t23-,26-/m1/s1. The van der Waals surface area contributed by atoms with E-state index in [0.717, 1.165) is 54.7 Å². The first kappa shape index (κ1) is 24.7. The average molecular weight is 518 g/mol. The van der Waals surface area contributed by atoms with Crippen molar-refractivity contribution in [1.82, 2.24) is 30.1 Å². The van der Waals surface area contributed by atoms with Gasteiger partial charge in [0.1, 0.15) is 11.9 Å². The van der Waals surface area contributed by atoms with E-state index in [1.165, 1.54) is 17.7 Å². The van der Waals surface area contributed by atoms with Crippen LogP contribution in [0.4, 0.5) is 10.1 Å². The second-order valence-corrected chi connectivity index (χ2v) is 10.3. The summed E-state index contributed by atoms with van der Waals surface area (Å²) >= 11 is 0. The molecule has 2 atom stereocenters. The van der Waals surface area contributed by atoms with Crippen molar-refractivity contribution in [3.63, 3.8) is 0 Å². The Kier molecular flexibility index (Phi) is 6.67.